The first kappa shape index (κ1) is 16.3. The lowest BCUT2D eigenvalue weighted by molar-refractivity contribution is 0.0600. The van der Waals surface area contributed by atoms with E-state index in [1.165, 1.54) is 7.11 Å². The molecule has 0 saturated carbocycles. The molecule has 0 aliphatic rings. The highest BCUT2D eigenvalue weighted by Gasteiger charge is 2.08. The van der Waals surface area contributed by atoms with E-state index in [1.807, 2.05) is 6.07 Å². The van der Waals surface area contributed by atoms with Crippen molar-refractivity contribution in [2.24, 2.45) is 0 Å². The van der Waals surface area contributed by atoms with Gasteiger partial charge in [-0.25, -0.2) is 4.79 Å². The maximum Gasteiger partial charge on any atom is 0.337 e. The minimum Gasteiger partial charge on any atom is -0.465 e. The van der Waals surface area contributed by atoms with Gasteiger partial charge < -0.3 is 10.1 Å². The number of nitrogens with one attached hydrogen (secondary N) is 1. The summed E-state index contributed by atoms with van der Waals surface area (Å²) in [5.74, 6) is 0.376. The minimum absolute atomic E-state index is 0.342. The van der Waals surface area contributed by atoms with E-state index in [4.69, 9.17) is 0 Å². The first-order valence-electron chi connectivity index (χ1n) is 5.92. The summed E-state index contributed by atoms with van der Waals surface area (Å²) < 4.78 is 16.4. The standard InChI is InChI=1S/C13H18BrNO3S/c1-18-13(16)10-4-5-11(12(14)8-10)9-15-6-3-7-19(2)17/h4-5,8,15H,3,6-7,9H2,1-2H3. The van der Waals surface area contributed by atoms with Crippen molar-refractivity contribution in [1.82, 2.24) is 5.32 Å². The molecular formula is C13H18BrNO3S. The largest absolute Gasteiger partial charge is 0.465 e. The Kier molecular flexibility index (Phi) is 7.27. The zero-order chi connectivity index (χ0) is 14.3. The van der Waals surface area contributed by atoms with Crippen LogP contribution >= 0.6 is 15.9 Å². The molecule has 0 aliphatic heterocycles. The molecule has 0 bridgehead atoms. The summed E-state index contributed by atoms with van der Waals surface area (Å²) in [5, 5.41) is 3.28. The van der Waals surface area contributed by atoms with Gasteiger partial charge in [0.25, 0.3) is 0 Å². The van der Waals surface area contributed by atoms with E-state index >= 15 is 0 Å². The Balaban J connectivity index is 2.46. The lowest BCUT2D eigenvalue weighted by Crippen LogP contribution is -2.17. The molecule has 1 aromatic carbocycles. The number of hydrogen-bond donors (Lipinski definition) is 1. The van der Waals surface area contributed by atoms with E-state index < -0.39 is 10.8 Å². The Morgan fingerprint density at radius 3 is 2.79 bits per heavy atom. The molecule has 1 aromatic rings. The van der Waals surface area contributed by atoms with Crippen LogP contribution in [0.25, 0.3) is 0 Å². The summed E-state index contributed by atoms with van der Waals surface area (Å²) in [5.41, 5.74) is 1.60. The van der Waals surface area contributed by atoms with Crippen LogP contribution < -0.4 is 5.32 Å². The molecule has 1 rings (SSSR count). The molecule has 6 heteroatoms. The van der Waals surface area contributed by atoms with Crippen LogP contribution in [0.1, 0.15) is 22.3 Å². The molecule has 0 amide bonds. The number of halogens is 1. The van der Waals surface area contributed by atoms with Crippen LogP contribution in [0, 0.1) is 0 Å². The van der Waals surface area contributed by atoms with E-state index in [9.17, 15) is 9.00 Å². The van der Waals surface area contributed by atoms with Crippen molar-refractivity contribution in [2.45, 2.75) is 13.0 Å². The van der Waals surface area contributed by atoms with Gasteiger partial charge in [0, 0.05) is 33.8 Å². The van der Waals surface area contributed by atoms with Crippen molar-refractivity contribution in [1.29, 1.82) is 0 Å². The van der Waals surface area contributed by atoms with Crippen LogP contribution in [-0.4, -0.2) is 35.8 Å². The maximum atomic E-state index is 11.4. The SMILES string of the molecule is COC(=O)c1ccc(CNCCCS(C)=O)c(Br)c1. The van der Waals surface area contributed by atoms with Gasteiger partial charge >= 0.3 is 5.97 Å². The van der Waals surface area contributed by atoms with Crippen molar-refractivity contribution < 1.29 is 13.7 Å². The van der Waals surface area contributed by atoms with Gasteiger partial charge in [-0.05, 0) is 30.7 Å². The summed E-state index contributed by atoms with van der Waals surface area (Å²) in [6.07, 6.45) is 2.60. The van der Waals surface area contributed by atoms with Gasteiger partial charge in [-0.15, -0.1) is 0 Å². The van der Waals surface area contributed by atoms with Gasteiger partial charge in [-0.3, -0.25) is 4.21 Å². The normalized spacial score (nSPS) is 12.2. The fourth-order valence-electron chi connectivity index (χ4n) is 1.56. The highest BCUT2D eigenvalue weighted by molar-refractivity contribution is 9.10. The van der Waals surface area contributed by atoms with Crippen molar-refractivity contribution in [3.8, 4) is 0 Å². The third kappa shape index (κ3) is 5.84. The third-order valence-corrected chi connectivity index (χ3v) is 4.18. The highest BCUT2D eigenvalue weighted by atomic mass is 79.9. The van der Waals surface area contributed by atoms with Crippen LogP contribution in [0.2, 0.25) is 0 Å². The van der Waals surface area contributed by atoms with E-state index in [1.54, 1.807) is 18.4 Å². The Bertz CT molecular complexity index is 465. The molecule has 0 heterocycles. The number of rotatable bonds is 7. The van der Waals surface area contributed by atoms with Crippen LogP contribution in [0.4, 0.5) is 0 Å². The number of methoxy groups -OCH3 is 1. The minimum atomic E-state index is -0.728. The molecule has 106 valence electrons. The molecular weight excluding hydrogens is 330 g/mol. The Morgan fingerprint density at radius 1 is 1.47 bits per heavy atom. The molecule has 1 N–H and O–H groups in total. The first-order valence-corrected chi connectivity index (χ1v) is 8.44. The van der Waals surface area contributed by atoms with E-state index in [-0.39, 0.29) is 5.97 Å². The number of carbonyl (C=O) groups is 1. The number of benzene rings is 1. The molecule has 0 radical (unpaired) electrons. The predicted molar refractivity (Wildman–Crippen MR) is 80.7 cm³/mol. The highest BCUT2D eigenvalue weighted by Crippen LogP contribution is 2.19. The van der Waals surface area contributed by atoms with Crippen LogP contribution in [-0.2, 0) is 22.1 Å². The van der Waals surface area contributed by atoms with Gasteiger partial charge in [0.1, 0.15) is 0 Å². The average Bonchev–Trinajstić information content (AvgIpc) is 2.38. The zero-order valence-electron chi connectivity index (χ0n) is 11.1. The molecule has 0 saturated heterocycles. The molecule has 1 unspecified atom stereocenters. The summed E-state index contributed by atoms with van der Waals surface area (Å²) in [4.78, 5) is 11.4. The van der Waals surface area contributed by atoms with Crippen molar-refractivity contribution in [3.63, 3.8) is 0 Å². The Hall–Kier alpha value is -0.720. The van der Waals surface area contributed by atoms with Gasteiger partial charge in [-0.2, -0.15) is 0 Å². The van der Waals surface area contributed by atoms with Gasteiger partial charge in [0.05, 0.1) is 12.7 Å². The van der Waals surface area contributed by atoms with Crippen LogP contribution in [0.3, 0.4) is 0 Å². The molecule has 4 nitrogen and oxygen atoms in total. The van der Waals surface area contributed by atoms with Crippen LogP contribution in [0.5, 0.6) is 0 Å². The second-order valence-electron chi connectivity index (χ2n) is 4.11. The van der Waals surface area contributed by atoms with Crippen molar-refractivity contribution in [3.05, 3.63) is 33.8 Å². The molecule has 1 atom stereocenters. The molecule has 0 spiro atoms. The Morgan fingerprint density at radius 2 is 2.21 bits per heavy atom. The number of esters is 1. The summed E-state index contributed by atoms with van der Waals surface area (Å²) in [6, 6.07) is 5.39. The van der Waals surface area contributed by atoms with Crippen molar-refractivity contribution >= 4 is 32.7 Å². The fraction of sp³-hybridized carbons (Fsp3) is 0.462. The molecule has 0 aromatic heterocycles. The van der Waals surface area contributed by atoms with E-state index in [0.717, 1.165) is 28.8 Å². The summed E-state index contributed by atoms with van der Waals surface area (Å²) >= 11 is 3.44. The molecule has 19 heavy (non-hydrogen) atoms. The van der Waals surface area contributed by atoms with Gasteiger partial charge in [-0.1, -0.05) is 22.0 Å². The van der Waals surface area contributed by atoms with Crippen LogP contribution in [0.15, 0.2) is 22.7 Å². The monoisotopic (exact) mass is 347 g/mol. The molecule has 0 aliphatic carbocycles. The number of ether oxygens (including phenoxy) is 1. The second-order valence-corrected chi connectivity index (χ2v) is 6.51. The molecule has 0 fully saturated rings. The predicted octanol–water partition coefficient (Wildman–Crippen LogP) is 2.09. The number of hydrogen-bond acceptors (Lipinski definition) is 4. The summed E-state index contributed by atoms with van der Waals surface area (Å²) in [7, 11) is 0.636. The topological polar surface area (TPSA) is 55.4 Å². The lowest BCUT2D eigenvalue weighted by atomic mass is 10.1. The average molecular weight is 348 g/mol. The Labute approximate surface area is 124 Å². The van der Waals surface area contributed by atoms with E-state index in [2.05, 4.69) is 26.0 Å². The van der Waals surface area contributed by atoms with Gasteiger partial charge in [0.15, 0.2) is 0 Å². The lowest BCUT2D eigenvalue weighted by Gasteiger charge is -2.08. The summed E-state index contributed by atoms with van der Waals surface area (Å²) in [6.45, 7) is 1.53. The number of carbonyl (C=O) groups excluding carboxylic acids is 1. The first-order chi connectivity index (χ1) is 9.04. The fourth-order valence-corrected chi connectivity index (χ4v) is 2.63. The second kappa shape index (κ2) is 8.45. The quantitative estimate of drug-likeness (QED) is 0.606. The van der Waals surface area contributed by atoms with E-state index in [0.29, 0.717) is 12.1 Å². The zero-order valence-corrected chi connectivity index (χ0v) is 13.5. The smallest absolute Gasteiger partial charge is 0.337 e. The van der Waals surface area contributed by atoms with Gasteiger partial charge in [0.2, 0.25) is 0 Å². The van der Waals surface area contributed by atoms with Crippen molar-refractivity contribution in [2.75, 3.05) is 25.7 Å². The maximum absolute atomic E-state index is 11.4. The third-order valence-electron chi connectivity index (χ3n) is 2.57.